The Hall–Kier alpha value is -1.69. The van der Waals surface area contributed by atoms with Gasteiger partial charge >= 0.3 is 0 Å². The SMILES string of the molecule is O=c1c2c3c(sc2ncn1/N=C\c1ccc(Cl)c(Cl)c1)CCCC3. The van der Waals surface area contributed by atoms with Gasteiger partial charge in [0.15, 0.2) is 0 Å². The first kappa shape index (κ1) is 15.8. The van der Waals surface area contributed by atoms with Crippen LogP contribution in [0.1, 0.15) is 28.8 Å². The summed E-state index contributed by atoms with van der Waals surface area (Å²) < 4.78 is 1.28. The average Bonchev–Trinajstić information content (AvgIpc) is 2.96. The Morgan fingerprint density at radius 2 is 2.04 bits per heavy atom. The lowest BCUT2D eigenvalue weighted by Gasteiger charge is -2.09. The van der Waals surface area contributed by atoms with Gasteiger partial charge < -0.3 is 0 Å². The summed E-state index contributed by atoms with van der Waals surface area (Å²) in [5, 5.41) is 5.91. The van der Waals surface area contributed by atoms with Crippen LogP contribution in [0.4, 0.5) is 0 Å². The molecule has 2 heterocycles. The molecule has 0 N–H and O–H groups in total. The molecule has 4 nitrogen and oxygen atoms in total. The van der Waals surface area contributed by atoms with Gasteiger partial charge in [0.05, 0.1) is 21.6 Å². The smallest absolute Gasteiger partial charge is 0.267 e. The van der Waals surface area contributed by atoms with Gasteiger partial charge in [-0.05, 0) is 48.9 Å². The van der Waals surface area contributed by atoms with E-state index < -0.39 is 0 Å². The molecule has 0 bridgehead atoms. The van der Waals surface area contributed by atoms with Gasteiger partial charge in [-0.3, -0.25) is 4.79 Å². The van der Waals surface area contributed by atoms with Gasteiger partial charge in [-0.1, -0.05) is 29.3 Å². The molecule has 1 aliphatic rings. The second-order valence-corrected chi connectivity index (χ2v) is 7.60. The van der Waals surface area contributed by atoms with Crippen LogP contribution in [0.25, 0.3) is 10.2 Å². The van der Waals surface area contributed by atoms with E-state index in [2.05, 4.69) is 10.1 Å². The molecule has 24 heavy (non-hydrogen) atoms. The van der Waals surface area contributed by atoms with Crippen molar-refractivity contribution in [3.8, 4) is 0 Å². The fourth-order valence-corrected chi connectivity index (χ4v) is 4.47. The van der Waals surface area contributed by atoms with Crippen molar-refractivity contribution in [1.29, 1.82) is 0 Å². The number of hydrogen-bond acceptors (Lipinski definition) is 4. The Morgan fingerprint density at radius 1 is 1.21 bits per heavy atom. The van der Waals surface area contributed by atoms with Crippen LogP contribution in [-0.4, -0.2) is 15.9 Å². The van der Waals surface area contributed by atoms with Crippen LogP contribution >= 0.6 is 34.5 Å². The maximum Gasteiger partial charge on any atom is 0.282 e. The number of thiophene rings is 1. The van der Waals surface area contributed by atoms with Gasteiger partial charge in [-0.25, -0.2) is 4.98 Å². The van der Waals surface area contributed by atoms with Gasteiger partial charge in [0, 0.05) is 4.88 Å². The molecule has 0 atom stereocenters. The average molecular weight is 378 g/mol. The molecular weight excluding hydrogens is 365 g/mol. The summed E-state index contributed by atoms with van der Waals surface area (Å²) >= 11 is 13.5. The van der Waals surface area contributed by atoms with E-state index in [1.807, 2.05) is 0 Å². The number of halogens is 2. The first-order chi connectivity index (χ1) is 11.6. The summed E-state index contributed by atoms with van der Waals surface area (Å²) in [6, 6.07) is 5.20. The highest BCUT2D eigenvalue weighted by atomic mass is 35.5. The molecule has 122 valence electrons. The van der Waals surface area contributed by atoms with E-state index >= 15 is 0 Å². The third-order valence-corrected chi connectivity index (χ3v) is 6.07. The highest BCUT2D eigenvalue weighted by Crippen LogP contribution is 2.33. The minimum absolute atomic E-state index is 0.115. The summed E-state index contributed by atoms with van der Waals surface area (Å²) in [5.74, 6) is 0. The number of rotatable bonds is 2. The van der Waals surface area contributed by atoms with Gasteiger partial charge in [0.25, 0.3) is 5.56 Å². The first-order valence-electron chi connectivity index (χ1n) is 7.65. The maximum atomic E-state index is 12.8. The Labute approximate surface area is 152 Å². The molecule has 0 amide bonds. The molecule has 1 aromatic carbocycles. The van der Waals surface area contributed by atoms with E-state index in [1.165, 1.54) is 22.3 Å². The van der Waals surface area contributed by atoms with Crippen LogP contribution in [0.3, 0.4) is 0 Å². The predicted octanol–water partition coefficient (Wildman–Crippen LogP) is 4.53. The molecule has 4 rings (SSSR count). The van der Waals surface area contributed by atoms with Crippen LogP contribution in [0, 0.1) is 0 Å². The van der Waals surface area contributed by atoms with Gasteiger partial charge in [-0.2, -0.15) is 9.78 Å². The monoisotopic (exact) mass is 377 g/mol. The number of nitrogens with zero attached hydrogens (tertiary/aromatic N) is 3. The highest BCUT2D eigenvalue weighted by molar-refractivity contribution is 7.18. The van der Waals surface area contributed by atoms with E-state index in [9.17, 15) is 4.79 Å². The lowest BCUT2D eigenvalue weighted by molar-refractivity contribution is 0.699. The lowest BCUT2D eigenvalue weighted by atomic mass is 9.97. The van der Waals surface area contributed by atoms with Crippen LogP contribution in [0.2, 0.25) is 10.0 Å². The molecule has 0 fully saturated rings. The fraction of sp³-hybridized carbons (Fsp3) is 0.235. The van der Waals surface area contributed by atoms with Crippen LogP contribution in [0.15, 0.2) is 34.4 Å². The van der Waals surface area contributed by atoms with Gasteiger partial charge in [-0.15, -0.1) is 11.3 Å². The topological polar surface area (TPSA) is 47.2 Å². The first-order valence-corrected chi connectivity index (χ1v) is 9.22. The van der Waals surface area contributed by atoms with Crippen molar-refractivity contribution in [2.45, 2.75) is 25.7 Å². The summed E-state index contributed by atoms with van der Waals surface area (Å²) in [6.07, 6.45) is 7.36. The lowest BCUT2D eigenvalue weighted by Crippen LogP contribution is -2.18. The summed E-state index contributed by atoms with van der Waals surface area (Å²) in [7, 11) is 0. The van der Waals surface area contributed by atoms with E-state index in [0.717, 1.165) is 40.6 Å². The van der Waals surface area contributed by atoms with Crippen molar-refractivity contribution in [1.82, 2.24) is 9.66 Å². The Kier molecular flexibility index (Phi) is 4.16. The fourth-order valence-electron chi connectivity index (χ4n) is 2.94. The number of benzene rings is 1. The van der Waals surface area contributed by atoms with Crippen LogP contribution < -0.4 is 5.56 Å². The van der Waals surface area contributed by atoms with Crippen molar-refractivity contribution in [3.05, 3.63) is 60.9 Å². The van der Waals surface area contributed by atoms with Crippen molar-refractivity contribution < 1.29 is 0 Å². The largest absolute Gasteiger partial charge is 0.282 e. The number of hydrogen-bond donors (Lipinski definition) is 0. The normalized spacial score (nSPS) is 14.4. The zero-order valence-corrected chi connectivity index (χ0v) is 15.0. The second kappa shape index (κ2) is 6.31. The Bertz CT molecular complexity index is 1020. The Morgan fingerprint density at radius 3 is 2.88 bits per heavy atom. The molecule has 0 unspecified atom stereocenters. The molecular formula is C17H13Cl2N3OS. The molecule has 0 spiro atoms. The third-order valence-electron chi connectivity index (χ3n) is 4.13. The van der Waals surface area contributed by atoms with Crippen molar-refractivity contribution >= 4 is 51.0 Å². The van der Waals surface area contributed by atoms with Crippen LogP contribution in [-0.2, 0) is 12.8 Å². The van der Waals surface area contributed by atoms with E-state index in [-0.39, 0.29) is 5.56 Å². The number of aryl methyl sites for hydroxylation is 2. The summed E-state index contributed by atoms with van der Waals surface area (Å²) in [5.41, 5.74) is 1.82. The third kappa shape index (κ3) is 2.77. The van der Waals surface area contributed by atoms with Gasteiger partial charge in [0.2, 0.25) is 0 Å². The Balaban J connectivity index is 1.77. The van der Waals surface area contributed by atoms with Gasteiger partial charge in [0.1, 0.15) is 11.2 Å². The summed E-state index contributed by atoms with van der Waals surface area (Å²) in [6.45, 7) is 0. The van der Waals surface area contributed by atoms with E-state index in [0.29, 0.717) is 10.0 Å². The molecule has 0 saturated carbocycles. The quantitative estimate of drug-likeness (QED) is 0.616. The van der Waals surface area contributed by atoms with E-state index in [4.69, 9.17) is 23.2 Å². The zero-order chi connectivity index (χ0) is 16.7. The molecule has 0 radical (unpaired) electrons. The second-order valence-electron chi connectivity index (χ2n) is 5.70. The van der Waals surface area contributed by atoms with Crippen LogP contribution in [0.5, 0.6) is 0 Å². The zero-order valence-electron chi connectivity index (χ0n) is 12.6. The minimum atomic E-state index is -0.115. The summed E-state index contributed by atoms with van der Waals surface area (Å²) in [4.78, 5) is 19.3. The molecule has 0 aliphatic heterocycles. The minimum Gasteiger partial charge on any atom is -0.267 e. The molecule has 0 saturated heterocycles. The standard InChI is InChI=1S/C17H13Cl2N3OS/c18-12-6-5-10(7-13(12)19)8-21-22-9-20-16-15(17(22)23)11-3-1-2-4-14(11)24-16/h5-9H,1-4H2/b21-8-. The number of fused-ring (bicyclic) bond motifs is 3. The molecule has 2 aromatic heterocycles. The molecule has 1 aliphatic carbocycles. The number of aromatic nitrogens is 2. The molecule has 3 aromatic rings. The van der Waals surface area contributed by atoms with Crippen molar-refractivity contribution in [3.63, 3.8) is 0 Å². The van der Waals surface area contributed by atoms with E-state index in [1.54, 1.807) is 35.8 Å². The maximum absolute atomic E-state index is 12.8. The highest BCUT2D eigenvalue weighted by Gasteiger charge is 2.19. The predicted molar refractivity (Wildman–Crippen MR) is 100.0 cm³/mol. The molecule has 7 heteroatoms. The van der Waals surface area contributed by atoms with Crippen molar-refractivity contribution in [2.24, 2.45) is 5.10 Å². The van der Waals surface area contributed by atoms with Crippen molar-refractivity contribution in [2.75, 3.05) is 0 Å².